The standard InChI is InChI=1S/C13H7BrCl2F3N/c14-7-1-2-10(12(16)11(7)15)20-5-6-3-8(17)13(19)9(18)4-6/h1-4,20H,5H2. The summed E-state index contributed by atoms with van der Waals surface area (Å²) in [5.74, 6) is -3.96. The fourth-order valence-electron chi connectivity index (χ4n) is 1.57. The molecule has 0 heterocycles. The smallest absolute Gasteiger partial charge is 0.194 e. The molecule has 0 saturated carbocycles. The maximum atomic E-state index is 13.1. The zero-order valence-electron chi connectivity index (χ0n) is 9.78. The van der Waals surface area contributed by atoms with Crippen molar-refractivity contribution in [2.24, 2.45) is 0 Å². The van der Waals surface area contributed by atoms with E-state index >= 15 is 0 Å². The molecule has 0 aliphatic heterocycles. The van der Waals surface area contributed by atoms with Crippen LogP contribution in [0.15, 0.2) is 28.7 Å². The Hall–Kier alpha value is -0.910. The average molecular weight is 385 g/mol. The largest absolute Gasteiger partial charge is 0.380 e. The van der Waals surface area contributed by atoms with Crippen molar-refractivity contribution in [3.63, 3.8) is 0 Å². The van der Waals surface area contributed by atoms with Crippen LogP contribution in [0.5, 0.6) is 0 Å². The van der Waals surface area contributed by atoms with Crippen LogP contribution in [-0.2, 0) is 6.54 Å². The molecule has 0 bridgehead atoms. The van der Waals surface area contributed by atoms with Crippen LogP contribution in [0.3, 0.4) is 0 Å². The van der Waals surface area contributed by atoms with Crippen LogP contribution < -0.4 is 5.32 Å². The molecule has 2 aromatic carbocycles. The zero-order chi connectivity index (χ0) is 14.9. The van der Waals surface area contributed by atoms with Gasteiger partial charge in [-0.05, 0) is 45.8 Å². The van der Waals surface area contributed by atoms with Crippen molar-refractivity contribution in [3.8, 4) is 0 Å². The number of rotatable bonds is 3. The van der Waals surface area contributed by atoms with Crippen molar-refractivity contribution in [2.75, 3.05) is 5.32 Å². The first-order valence-electron chi connectivity index (χ1n) is 5.41. The first-order chi connectivity index (χ1) is 9.40. The number of nitrogens with one attached hydrogen (secondary N) is 1. The molecule has 0 aliphatic rings. The number of hydrogen-bond acceptors (Lipinski definition) is 1. The van der Waals surface area contributed by atoms with Crippen LogP contribution in [0.1, 0.15) is 5.56 Å². The van der Waals surface area contributed by atoms with Crippen molar-refractivity contribution >= 4 is 44.8 Å². The molecule has 0 aliphatic carbocycles. The highest BCUT2D eigenvalue weighted by molar-refractivity contribution is 9.10. The van der Waals surface area contributed by atoms with Gasteiger partial charge in [0.1, 0.15) is 0 Å². The summed E-state index contributed by atoms with van der Waals surface area (Å²) in [4.78, 5) is 0. The third-order valence-electron chi connectivity index (χ3n) is 2.56. The maximum absolute atomic E-state index is 13.1. The molecule has 1 N–H and O–H groups in total. The molecule has 1 nitrogen and oxygen atoms in total. The van der Waals surface area contributed by atoms with Crippen molar-refractivity contribution in [3.05, 3.63) is 61.8 Å². The molecule has 0 amide bonds. The summed E-state index contributed by atoms with van der Waals surface area (Å²) in [7, 11) is 0. The van der Waals surface area contributed by atoms with Gasteiger partial charge in [0, 0.05) is 11.0 Å². The Bertz CT molecular complexity index is 641. The molecule has 0 fully saturated rings. The summed E-state index contributed by atoms with van der Waals surface area (Å²) < 4.78 is 39.6. The third kappa shape index (κ3) is 3.22. The number of anilines is 1. The van der Waals surface area contributed by atoms with E-state index in [9.17, 15) is 13.2 Å². The summed E-state index contributed by atoms with van der Waals surface area (Å²) in [5.41, 5.74) is 0.751. The van der Waals surface area contributed by atoms with Crippen LogP contribution in [-0.4, -0.2) is 0 Å². The molecule has 0 atom stereocenters. The Morgan fingerprint density at radius 3 is 2.20 bits per heavy atom. The highest BCUT2D eigenvalue weighted by Gasteiger charge is 2.12. The minimum Gasteiger partial charge on any atom is -0.380 e. The number of halogens is 6. The molecule has 20 heavy (non-hydrogen) atoms. The van der Waals surface area contributed by atoms with Gasteiger partial charge in [-0.15, -0.1) is 0 Å². The van der Waals surface area contributed by atoms with Gasteiger partial charge < -0.3 is 5.32 Å². The van der Waals surface area contributed by atoms with E-state index in [0.717, 1.165) is 12.1 Å². The SMILES string of the molecule is Fc1cc(CNc2ccc(Br)c(Cl)c2Cl)cc(F)c1F. The molecule has 2 aromatic rings. The molecule has 0 radical (unpaired) electrons. The minimum absolute atomic E-state index is 0.0752. The lowest BCUT2D eigenvalue weighted by Crippen LogP contribution is -2.03. The quantitative estimate of drug-likeness (QED) is 0.661. The van der Waals surface area contributed by atoms with Gasteiger partial charge in [-0.2, -0.15) is 0 Å². The Morgan fingerprint density at radius 1 is 1.00 bits per heavy atom. The molecular weight excluding hydrogens is 378 g/mol. The predicted molar refractivity (Wildman–Crippen MR) is 77.8 cm³/mol. The Labute approximate surface area is 131 Å². The van der Waals surface area contributed by atoms with Crippen molar-refractivity contribution < 1.29 is 13.2 Å². The van der Waals surface area contributed by atoms with E-state index in [1.54, 1.807) is 12.1 Å². The normalized spacial score (nSPS) is 10.7. The first kappa shape index (κ1) is 15.5. The topological polar surface area (TPSA) is 12.0 Å². The van der Waals surface area contributed by atoms with E-state index in [-0.39, 0.29) is 17.1 Å². The van der Waals surface area contributed by atoms with E-state index in [2.05, 4.69) is 21.2 Å². The molecule has 7 heteroatoms. The summed E-state index contributed by atoms with van der Waals surface area (Å²) in [6, 6.07) is 5.18. The molecule has 0 aromatic heterocycles. The second-order valence-electron chi connectivity index (χ2n) is 3.95. The van der Waals surface area contributed by atoms with Gasteiger partial charge in [0.05, 0.1) is 15.7 Å². The molecule has 0 spiro atoms. The van der Waals surface area contributed by atoms with Gasteiger partial charge in [0.15, 0.2) is 17.5 Å². The fraction of sp³-hybridized carbons (Fsp3) is 0.0769. The summed E-state index contributed by atoms with van der Waals surface area (Å²) in [6.07, 6.45) is 0. The molecule has 106 valence electrons. The van der Waals surface area contributed by atoms with Crippen LogP contribution in [0, 0.1) is 17.5 Å². The van der Waals surface area contributed by atoms with Gasteiger partial charge >= 0.3 is 0 Å². The maximum Gasteiger partial charge on any atom is 0.194 e. The van der Waals surface area contributed by atoms with Gasteiger partial charge in [-0.25, -0.2) is 13.2 Å². The van der Waals surface area contributed by atoms with E-state index in [4.69, 9.17) is 23.2 Å². The lowest BCUT2D eigenvalue weighted by atomic mass is 10.2. The van der Waals surface area contributed by atoms with Crippen molar-refractivity contribution in [2.45, 2.75) is 6.54 Å². The van der Waals surface area contributed by atoms with E-state index in [1.807, 2.05) is 0 Å². The Kier molecular flexibility index (Phi) is 4.83. The monoisotopic (exact) mass is 383 g/mol. The molecule has 0 unspecified atom stereocenters. The highest BCUT2D eigenvalue weighted by Crippen LogP contribution is 2.36. The molecule has 2 rings (SSSR count). The van der Waals surface area contributed by atoms with E-state index in [1.165, 1.54) is 0 Å². The third-order valence-corrected chi connectivity index (χ3v) is 4.33. The van der Waals surface area contributed by atoms with Crippen LogP contribution in [0.4, 0.5) is 18.9 Å². The summed E-state index contributed by atoms with van der Waals surface area (Å²) in [5, 5.41) is 3.49. The second kappa shape index (κ2) is 6.24. The van der Waals surface area contributed by atoms with Crippen molar-refractivity contribution in [1.82, 2.24) is 0 Å². The van der Waals surface area contributed by atoms with Gasteiger partial charge in [0.2, 0.25) is 0 Å². The number of benzene rings is 2. The molecule has 0 saturated heterocycles. The minimum atomic E-state index is -1.49. The average Bonchev–Trinajstić information content (AvgIpc) is 2.41. The lowest BCUT2D eigenvalue weighted by Gasteiger charge is -2.11. The van der Waals surface area contributed by atoms with Gasteiger partial charge in [-0.3, -0.25) is 0 Å². The summed E-state index contributed by atoms with van der Waals surface area (Å²) >= 11 is 15.2. The number of hydrogen-bond donors (Lipinski definition) is 1. The van der Waals surface area contributed by atoms with Crippen LogP contribution in [0.25, 0.3) is 0 Å². The van der Waals surface area contributed by atoms with Gasteiger partial charge in [0.25, 0.3) is 0 Å². The second-order valence-corrected chi connectivity index (χ2v) is 5.56. The lowest BCUT2D eigenvalue weighted by molar-refractivity contribution is 0.445. The molecular formula is C13H7BrCl2F3N. The van der Waals surface area contributed by atoms with Crippen molar-refractivity contribution in [1.29, 1.82) is 0 Å². The van der Waals surface area contributed by atoms with E-state index in [0.29, 0.717) is 15.2 Å². The zero-order valence-corrected chi connectivity index (χ0v) is 12.9. The van der Waals surface area contributed by atoms with Crippen LogP contribution in [0.2, 0.25) is 10.0 Å². The Morgan fingerprint density at radius 2 is 1.60 bits per heavy atom. The fourth-order valence-corrected chi connectivity index (χ4v) is 2.41. The summed E-state index contributed by atoms with van der Waals surface area (Å²) in [6.45, 7) is 0.0752. The van der Waals surface area contributed by atoms with Gasteiger partial charge in [-0.1, -0.05) is 23.2 Å². The highest BCUT2D eigenvalue weighted by atomic mass is 79.9. The van der Waals surface area contributed by atoms with Crippen LogP contribution >= 0.6 is 39.1 Å². The Balaban J connectivity index is 2.19. The first-order valence-corrected chi connectivity index (χ1v) is 6.96. The predicted octanol–water partition coefficient (Wildman–Crippen LogP) is 5.79. The van der Waals surface area contributed by atoms with E-state index < -0.39 is 17.5 Å².